The molecule has 0 unspecified atom stereocenters. The number of aryl methyl sites for hydroxylation is 1. The van der Waals surface area contributed by atoms with Gasteiger partial charge in [-0.1, -0.05) is 23.8 Å². The van der Waals surface area contributed by atoms with Crippen molar-refractivity contribution in [1.29, 1.82) is 0 Å². The highest BCUT2D eigenvalue weighted by atomic mass is 35.5. The molecule has 1 rings (SSSR count). The van der Waals surface area contributed by atoms with E-state index < -0.39 is 0 Å². The first-order chi connectivity index (χ1) is 8.41. The van der Waals surface area contributed by atoms with Crippen LogP contribution < -0.4 is 5.73 Å². The lowest BCUT2D eigenvalue weighted by molar-refractivity contribution is -0.130. The summed E-state index contributed by atoms with van der Waals surface area (Å²) in [5, 5.41) is 4.71. The largest absolute Gasteiger partial charge is 0.393 e. The summed E-state index contributed by atoms with van der Waals surface area (Å²) < 4.78 is 1.72. The van der Waals surface area contributed by atoms with Crippen LogP contribution >= 0.6 is 23.8 Å². The Hall–Kier alpha value is -1.14. The number of hydrogen-bond donors (Lipinski definition) is 1. The van der Waals surface area contributed by atoms with Gasteiger partial charge in [0, 0.05) is 26.4 Å². The molecule has 18 heavy (non-hydrogen) atoms. The number of carbonyl (C=O) groups excluding carboxylic acids is 1. The lowest BCUT2D eigenvalue weighted by Crippen LogP contribution is -2.30. The second-order valence-electron chi connectivity index (χ2n) is 4.08. The van der Waals surface area contributed by atoms with Crippen LogP contribution in [0.5, 0.6) is 0 Å². The Morgan fingerprint density at radius 2 is 2.28 bits per heavy atom. The summed E-state index contributed by atoms with van der Waals surface area (Å²) in [7, 11) is 1.74. The minimum atomic E-state index is 0.0391. The molecule has 0 aliphatic rings. The van der Waals surface area contributed by atoms with E-state index in [1.165, 1.54) is 0 Å². The summed E-state index contributed by atoms with van der Waals surface area (Å²) in [4.78, 5) is 13.9. The molecular formula is C11H17ClN4OS. The number of aromatic nitrogens is 2. The highest BCUT2D eigenvalue weighted by Crippen LogP contribution is 2.13. The van der Waals surface area contributed by atoms with Crippen molar-refractivity contribution >= 4 is 34.7 Å². The molecule has 0 spiro atoms. The van der Waals surface area contributed by atoms with Crippen molar-refractivity contribution in [3.63, 3.8) is 0 Å². The molecule has 1 aromatic heterocycles. The number of carbonyl (C=O) groups is 1. The quantitative estimate of drug-likeness (QED) is 0.803. The number of nitrogens with two attached hydrogens (primary N) is 1. The van der Waals surface area contributed by atoms with Crippen LogP contribution in [0.25, 0.3) is 0 Å². The first kappa shape index (κ1) is 14.9. The molecule has 0 saturated heterocycles. The van der Waals surface area contributed by atoms with E-state index in [2.05, 4.69) is 5.10 Å². The van der Waals surface area contributed by atoms with Gasteiger partial charge in [-0.25, -0.2) is 0 Å². The van der Waals surface area contributed by atoms with Crippen LogP contribution in [0.1, 0.15) is 18.5 Å². The van der Waals surface area contributed by atoms with Gasteiger partial charge in [-0.05, 0) is 6.92 Å². The van der Waals surface area contributed by atoms with Crippen molar-refractivity contribution < 1.29 is 4.79 Å². The summed E-state index contributed by atoms with van der Waals surface area (Å²) in [6.07, 6.45) is 2.51. The molecule has 0 aromatic carbocycles. The average molecular weight is 289 g/mol. The Bertz CT molecular complexity index is 446. The van der Waals surface area contributed by atoms with Gasteiger partial charge < -0.3 is 10.6 Å². The van der Waals surface area contributed by atoms with Crippen molar-refractivity contribution in [2.45, 2.75) is 26.3 Å². The van der Waals surface area contributed by atoms with Gasteiger partial charge in [0.25, 0.3) is 0 Å². The maximum absolute atomic E-state index is 11.8. The highest BCUT2D eigenvalue weighted by molar-refractivity contribution is 7.80. The minimum absolute atomic E-state index is 0.0391. The Morgan fingerprint density at radius 1 is 1.61 bits per heavy atom. The van der Waals surface area contributed by atoms with E-state index in [0.717, 1.165) is 5.69 Å². The summed E-state index contributed by atoms with van der Waals surface area (Å²) >= 11 is 10.7. The number of halogens is 1. The fourth-order valence-electron chi connectivity index (χ4n) is 1.44. The van der Waals surface area contributed by atoms with Crippen LogP contribution in [0.2, 0.25) is 5.02 Å². The topological polar surface area (TPSA) is 64.2 Å². The third-order valence-corrected chi connectivity index (χ3v) is 3.28. The number of rotatable bonds is 6. The molecule has 1 amide bonds. The number of amides is 1. The lowest BCUT2D eigenvalue weighted by Gasteiger charge is -2.16. The molecule has 0 fully saturated rings. The van der Waals surface area contributed by atoms with Crippen molar-refractivity contribution in [2.24, 2.45) is 5.73 Å². The van der Waals surface area contributed by atoms with E-state index in [1.54, 1.807) is 22.8 Å². The van der Waals surface area contributed by atoms with Gasteiger partial charge in [0.05, 0.1) is 28.4 Å². The molecule has 5 nitrogen and oxygen atoms in total. The average Bonchev–Trinajstić information content (AvgIpc) is 2.64. The predicted octanol–water partition coefficient (Wildman–Crippen LogP) is 1.37. The zero-order chi connectivity index (χ0) is 13.7. The van der Waals surface area contributed by atoms with Crippen LogP contribution in [-0.4, -0.2) is 39.2 Å². The van der Waals surface area contributed by atoms with Crippen molar-refractivity contribution in [3.8, 4) is 0 Å². The zero-order valence-corrected chi connectivity index (χ0v) is 12.1. The smallest absolute Gasteiger partial charge is 0.224 e. The van der Waals surface area contributed by atoms with E-state index in [0.29, 0.717) is 35.9 Å². The van der Waals surface area contributed by atoms with Crippen molar-refractivity contribution in [3.05, 3.63) is 16.9 Å². The van der Waals surface area contributed by atoms with E-state index in [9.17, 15) is 4.79 Å². The summed E-state index contributed by atoms with van der Waals surface area (Å²) in [6, 6.07) is 0. The van der Waals surface area contributed by atoms with Gasteiger partial charge in [-0.2, -0.15) is 5.10 Å². The SMILES string of the molecule is Cc1c(Cl)cnn1CCC(=O)N(C)CCC(N)=S. The zero-order valence-electron chi connectivity index (χ0n) is 10.5. The lowest BCUT2D eigenvalue weighted by atomic mass is 10.3. The predicted molar refractivity (Wildman–Crippen MR) is 75.6 cm³/mol. The second kappa shape index (κ2) is 6.70. The molecule has 0 atom stereocenters. The van der Waals surface area contributed by atoms with Gasteiger partial charge >= 0.3 is 0 Å². The highest BCUT2D eigenvalue weighted by Gasteiger charge is 2.10. The van der Waals surface area contributed by atoms with Crippen molar-refractivity contribution in [1.82, 2.24) is 14.7 Å². The van der Waals surface area contributed by atoms with Gasteiger partial charge in [-0.15, -0.1) is 0 Å². The monoisotopic (exact) mass is 288 g/mol. The van der Waals surface area contributed by atoms with Gasteiger partial charge in [-0.3, -0.25) is 9.48 Å². The van der Waals surface area contributed by atoms with Crippen LogP contribution in [0, 0.1) is 6.92 Å². The van der Waals surface area contributed by atoms with Crippen LogP contribution in [0.3, 0.4) is 0 Å². The standard InChI is InChI=1S/C11H17ClN4OS/c1-8-9(12)7-14-16(8)6-4-11(17)15(2)5-3-10(13)18/h7H,3-6H2,1-2H3,(H2,13,18). The molecule has 0 aliphatic heterocycles. The Morgan fingerprint density at radius 3 is 2.78 bits per heavy atom. The third kappa shape index (κ3) is 4.27. The molecule has 7 heteroatoms. The maximum Gasteiger partial charge on any atom is 0.224 e. The maximum atomic E-state index is 11.8. The van der Waals surface area contributed by atoms with Crippen LogP contribution in [0.4, 0.5) is 0 Å². The normalized spacial score (nSPS) is 10.4. The van der Waals surface area contributed by atoms with E-state index in [1.807, 2.05) is 6.92 Å². The van der Waals surface area contributed by atoms with E-state index in [-0.39, 0.29) is 5.91 Å². The van der Waals surface area contributed by atoms with Gasteiger partial charge in [0.15, 0.2) is 0 Å². The fourth-order valence-corrected chi connectivity index (χ4v) is 1.68. The van der Waals surface area contributed by atoms with Crippen LogP contribution in [0.15, 0.2) is 6.20 Å². The Balaban J connectivity index is 2.41. The molecule has 1 aromatic rings. The van der Waals surface area contributed by atoms with Crippen LogP contribution in [-0.2, 0) is 11.3 Å². The van der Waals surface area contributed by atoms with Gasteiger partial charge in [0.2, 0.25) is 5.91 Å². The fraction of sp³-hybridized carbons (Fsp3) is 0.545. The van der Waals surface area contributed by atoms with E-state index in [4.69, 9.17) is 29.6 Å². The Labute approximate surface area is 117 Å². The molecule has 0 bridgehead atoms. The first-order valence-corrected chi connectivity index (χ1v) is 6.40. The van der Waals surface area contributed by atoms with Crippen molar-refractivity contribution in [2.75, 3.05) is 13.6 Å². The summed E-state index contributed by atoms with van der Waals surface area (Å²) in [5.41, 5.74) is 6.26. The molecule has 100 valence electrons. The second-order valence-corrected chi connectivity index (χ2v) is 5.01. The third-order valence-electron chi connectivity index (χ3n) is 2.70. The molecular weight excluding hydrogens is 272 g/mol. The minimum Gasteiger partial charge on any atom is -0.393 e. The molecule has 2 N–H and O–H groups in total. The molecule has 0 radical (unpaired) electrons. The Kier molecular flexibility index (Phi) is 5.55. The number of nitrogens with zero attached hydrogens (tertiary/aromatic N) is 3. The molecule has 0 saturated carbocycles. The number of thiocarbonyl (C=S) groups is 1. The summed E-state index contributed by atoms with van der Waals surface area (Å²) in [6.45, 7) is 2.94. The van der Waals surface area contributed by atoms with E-state index >= 15 is 0 Å². The summed E-state index contributed by atoms with van der Waals surface area (Å²) in [5.74, 6) is 0.0391. The first-order valence-electron chi connectivity index (χ1n) is 5.62. The molecule has 0 aliphatic carbocycles. The van der Waals surface area contributed by atoms with Gasteiger partial charge in [0.1, 0.15) is 0 Å². The number of hydrogen-bond acceptors (Lipinski definition) is 3. The molecule has 1 heterocycles.